The van der Waals surface area contributed by atoms with Crippen molar-refractivity contribution in [1.82, 2.24) is 14.9 Å². The minimum absolute atomic E-state index is 0.0360. The van der Waals surface area contributed by atoms with Crippen LogP contribution in [0.4, 0.5) is 5.13 Å². The molecule has 0 saturated carbocycles. The van der Waals surface area contributed by atoms with Crippen molar-refractivity contribution in [2.45, 2.75) is 26.1 Å². The molecule has 1 aliphatic rings. The van der Waals surface area contributed by atoms with Gasteiger partial charge in [-0.2, -0.15) is 0 Å². The summed E-state index contributed by atoms with van der Waals surface area (Å²) in [6.07, 6.45) is 2.27. The highest BCUT2D eigenvalue weighted by molar-refractivity contribution is 7.14. The van der Waals surface area contributed by atoms with Gasteiger partial charge in [0.05, 0.1) is 24.4 Å². The van der Waals surface area contributed by atoms with Crippen LogP contribution in [0.1, 0.15) is 13.8 Å². The molecule has 1 saturated heterocycles. The number of hydrogen-bond donors (Lipinski definition) is 2. The molecule has 7 heteroatoms. The van der Waals surface area contributed by atoms with Crippen molar-refractivity contribution in [2.75, 3.05) is 25.0 Å². The Morgan fingerprint density at radius 3 is 2.92 bits per heavy atom. The van der Waals surface area contributed by atoms with Crippen LogP contribution in [0.2, 0.25) is 0 Å². The lowest BCUT2D eigenvalue weighted by atomic mass is 10.1. The van der Waals surface area contributed by atoms with Gasteiger partial charge >= 0.3 is 0 Å². The van der Waals surface area contributed by atoms with E-state index >= 15 is 0 Å². The fourth-order valence-electron chi connectivity index (χ4n) is 3.51. The van der Waals surface area contributed by atoms with Gasteiger partial charge in [-0.3, -0.25) is 9.69 Å². The second-order valence-corrected chi connectivity index (χ2v) is 7.64. The highest BCUT2D eigenvalue weighted by Gasteiger charge is 2.24. The summed E-state index contributed by atoms with van der Waals surface area (Å²) in [6.45, 7) is 5.98. The predicted molar refractivity (Wildman–Crippen MR) is 104 cm³/mol. The molecule has 3 aromatic rings. The summed E-state index contributed by atoms with van der Waals surface area (Å²) >= 11 is 1.45. The van der Waals surface area contributed by atoms with Crippen molar-refractivity contribution in [3.05, 3.63) is 35.8 Å². The summed E-state index contributed by atoms with van der Waals surface area (Å²) in [7, 11) is 0. The van der Waals surface area contributed by atoms with Gasteiger partial charge in [-0.05, 0) is 19.9 Å². The number of rotatable bonds is 4. The Labute approximate surface area is 156 Å². The van der Waals surface area contributed by atoms with Gasteiger partial charge < -0.3 is 15.0 Å². The maximum Gasteiger partial charge on any atom is 0.240 e. The number of hydrogen-bond acceptors (Lipinski definition) is 5. The fraction of sp³-hybridized carbons (Fsp3) is 0.368. The Bertz CT molecular complexity index is 909. The van der Waals surface area contributed by atoms with Crippen LogP contribution >= 0.6 is 11.3 Å². The lowest BCUT2D eigenvalue weighted by Gasteiger charge is -2.34. The van der Waals surface area contributed by atoms with Crippen molar-refractivity contribution in [2.24, 2.45) is 0 Å². The molecule has 136 valence electrons. The first-order valence-electron chi connectivity index (χ1n) is 8.78. The maximum atomic E-state index is 12.4. The number of carbonyl (C=O) groups excluding carboxylic acids is 1. The molecule has 0 spiro atoms. The van der Waals surface area contributed by atoms with Crippen LogP contribution in [0.15, 0.2) is 35.8 Å². The van der Waals surface area contributed by atoms with Gasteiger partial charge in [0.15, 0.2) is 5.13 Å². The summed E-state index contributed by atoms with van der Waals surface area (Å²) < 4.78 is 5.71. The third kappa shape index (κ3) is 3.65. The molecule has 1 aromatic carbocycles. The maximum absolute atomic E-state index is 12.4. The minimum atomic E-state index is -0.0360. The van der Waals surface area contributed by atoms with E-state index in [9.17, 15) is 4.79 Å². The Morgan fingerprint density at radius 1 is 1.35 bits per heavy atom. The topological polar surface area (TPSA) is 70.2 Å². The summed E-state index contributed by atoms with van der Waals surface area (Å²) in [5.41, 5.74) is 3.00. The van der Waals surface area contributed by atoms with E-state index in [1.807, 2.05) is 43.6 Å². The van der Waals surface area contributed by atoms with Gasteiger partial charge in [-0.25, -0.2) is 4.98 Å². The summed E-state index contributed by atoms with van der Waals surface area (Å²) in [4.78, 5) is 22.3. The standard InChI is InChI=1S/C19H22N4O2S/c1-12-8-23(9-13(2)25-12)10-18(24)22-19-21-17(11-26-19)15-7-20-16-6-4-3-5-14(15)16/h3-7,11-13,20H,8-10H2,1-2H3,(H,21,22,24)/t12-,13+. The zero-order chi connectivity index (χ0) is 18.1. The number of thiazole rings is 1. The lowest BCUT2D eigenvalue weighted by Crippen LogP contribution is -2.48. The average Bonchev–Trinajstić information content (AvgIpc) is 3.20. The number of benzene rings is 1. The lowest BCUT2D eigenvalue weighted by molar-refractivity contribution is -0.121. The molecule has 3 heterocycles. The largest absolute Gasteiger partial charge is 0.373 e. The Balaban J connectivity index is 1.43. The average molecular weight is 370 g/mol. The zero-order valence-electron chi connectivity index (χ0n) is 14.9. The third-order valence-electron chi connectivity index (χ3n) is 4.48. The Morgan fingerprint density at radius 2 is 2.12 bits per heavy atom. The number of morpholine rings is 1. The number of ether oxygens (including phenoxy) is 1. The number of H-pyrrole nitrogens is 1. The number of aromatic amines is 1. The highest BCUT2D eigenvalue weighted by Crippen LogP contribution is 2.30. The molecule has 1 fully saturated rings. The van der Waals surface area contributed by atoms with Crippen LogP contribution in [0.5, 0.6) is 0 Å². The number of aromatic nitrogens is 2. The first-order valence-corrected chi connectivity index (χ1v) is 9.66. The number of para-hydroxylation sites is 1. The smallest absolute Gasteiger partial charge is 0.240 e. The molecule has 2 N–H and O–H groups in total. The second-order valence-electron chi connectivity index (χ2n) is 6.79. The summed E-state index contributed by atoms with van der Waals surface area (Å²) in [6, 6.07) is 8.12. The monoisotopic (exact) mass is 370 g/mol. The molecule has 0 aliphatic carbocycles. The van der Waals surface area contributed by atoms with Crippen LogP contribution in [-0.4, -0.2) is 52.6 Å². The van der Waals surface area contributed by atoms with E-state index in [2.05, 4.69) is 26.3 Å². The van der Waals surface area contributed by atoms with Gasteiger partial charge in [0.25, 0.3) is 0 Å². The van der Waals surface area contributed by atoms with E-state index in [1.165, 1.54) is 11.3 Å². The molecule has 0 bridgehead atoms. The molecule has 1 amide bonds. The van der Waals surface area contributed by atoms with E-state index < -0.39 is 0 Å². The molecular formula is C19H22N4O2S. The number of carbonyl (C=O) groups is 1. The van der Waals surface area contributed by atoms with Crippen LogP contribution in [0.25, 0.3) is 22.2 Å². The van der Waals surface area contributed by atoms with Crippen LogP contribution in [0.3, 0.4) is 0 Å². The van der Waals surface area contributed by atoms with Gasteiger partial charge in [0.2, 0.25) is 5.91 Å². The van der Waals surface area contributed by atoms with E-state index in [1.54, 1.807) is 0 Å². The fourth-order valence-corrected chi connectivity index (χ4v) is 4.24. The van der Waals surface area contributed by atoms with Crippen molar-refractivity contribution < 1.29 is 9.53 Å². The van der Waals surface area contributed by atoms with E-state index in [0.717, 1.165) is 35.2 Å². The van der Waals surface area contributed by atoms with Crippen molar-refractivity contribution in [3.63, 3.8) is 0 Å². The number of amides is 1. The highest BCUT2D eigenvalue weighted by atomic mass is 32.1. The molecule has 0 radical (unpaired) electrons. The van der Waals surface area contributed by atoms with E-state index in [-0.39, 0.29) is 18.1 Å². The Hall–Kier alpha value is -2.22. The van der Waals surface area contributed by atoms with Crippen LogP contribution < -0.4 is 5.32 Å². The number of fused-ring (bicyclic) bond motifs is 1. The second kappa shape index (κ2) is 7.19. The predicted octanol–water partition coefficient (Wildman–Crippen LogP) is 3.34. The molecule has 26 heavy (non-hydrogen) atoms. The zero-order valence-corrected chi connectivity index (χ0v) is 15.7. The molecule has 4 rings (SSSR count). The normalized spacial score (nSPS) is 21.2. The van der Waals surface area contributed by atoms with Gasteiger partial charge in [-0.15, -0.1) is 11.3 Å². The molecule has 0 unspecified atom stereocenters. The van der Waals surface area contributed by atoms with Gasteiger partial charge in [0, 0.05) is 41.1 Å². The SMILES string of the molecule is C[C@@H]1CN(CC(=O)Nc2nc(-c3c[nH]c4ccccc34)cs2)C[C@H](C)O1. The number of anilines is 1. The van der Waals surface area contributed by atoms with E-state index in [0.29, 0.717) is 11.7 Å². The third-order valence-corrected chi connectivity index (χ3v) is 5.24. The first kappa shape index (κ1) is 17.2. The van der Waals surface area contributed by atoms with Crippen LogP contribution in [0, 0.1) is 0 Å². The van der Waals surface area contributed by atoms with Crippen molar-refractivity contribution in [1.29, 1.82) is 0 Å². The van der Waals surface area contributed by atoms with E-state index in [4.69, 9.17) is 4.74 Å². The quantitative estimate of drug-likeness (QED) is 0.739. The first-order chi connectivity index (χ1) is 12.6. The minimum Gasteiger partial charge on any atom is -0.373 e. The summed E-state index contributed by atoms with van der Waals surface area (Å²) in [5, 5.41) is 6.66. The number of nitrogens with one attached hydrogen (secondary N) is 2. The molecule has 2 atom stereocenters. The Kier molecular flexibility index (Phi) is 4.76. The molecule has 1 aliphatic heterocycles. The van der Waals surface area contributed by atoms with Gasteiger partial charge in [0.1, 0.15) is 0 Å². The van der Waals surface area contributed by atoms with Crippen molar-refractivity contribution >= 4 is 33.3 Å². The van der Waals surface area contributed by atoms with Gasteiger partial charge in [-0.1, -0.05) is 18.2 Å². The summed E-state index contributed by atoms with van der Waals surface area (Å²) in [5.74, 6) is -0.0360. The molecule has 2 aromatic heterocycles. The molecular weight excluding hydrogens is 348 g/mol. The van der Waals surface area contributed by atoms with Crippen molar-refractivity contribution in [3.8, 4) is 11.3 Å². The number of nitrogens with zero attached hydrogens (tertiary/aromatic N) is 2. The molecule has 6 nitrogen and oxygen atoms in total. The van der Waals surface area contributed by atoms with Crippen LogP contribution in [-0.2, 0) is 9.53 Å².